The SMILES string of the molecule is O=C(CN1C(=O)COc2ccccc21)NNC(=O)OC1COC1. The van der Waals surface area contributed by atoms with Crippen LogP contribution in [0.1, 0.15) is 0 Å². The van der Waals surface area contributed by atoms with Crippen molar-refractivity contribution in [1.29, 1.82) is 0 Å². The van der Waals surface area contributed by atoms with Crippen molar-refractivity contribution in [2.75, 3.05) is 31.3 Å². The number of nitrogens with zero attached hydrogens (tertiary/aromatic N) is 1. The number of ether oxygens (including phenoxy) is 3. The molecular formula is C14H15N3O6. The Morgan fingerprint density at radius 2 is 2.04 bits per heavy atom. The summed E-state index contributed by atoms with van der Waals surface area (Å²) >= 11 is 0. The molecule has 2 N–H and O–H groups in total. The molecule has 9 nitrogen and oxygen atoms in total. The maximum Gasteiger partial charge on any atom is 0.426 e. The van der Waals surface area contributed by atoms with Crippen LogP contribution in [0.25, 0.3) is 0 Å². The van der Waals surface area contributed by atoms with E-state index in [1.165, 1.54) is 4.90 Å². The molecule has 3 amide bonds. The number of anilines is 1. The highest BCUT2D eigenvalue weighted by molar-refractivity contribution is 6.02. The number of carbonyl (C=O) groups excluding carboxylic acids is 3. The molecule has 0 spiro atoms. The zero-order chi connectivity index (χ0) is 16.2. The maximum atomic E-state index is 11.9. The van der Waals surface area contributed by atoms with Crippen LogP contribution in [0.2, 0.25) is 0 Å². The predicted molar refractivity (Wildman–Crippen MR) is 76.7 cm³/mol. The Hall–Kier alpha value is -2.81. The van der Waals surface area contributed by atoms with E-state index in [4.69, 9.17) is 14.2 Å². The van der Waals surface area contributed by atoms with Crippen molar-refractivity contribution < 1.29 is 28.6 Å². The van der Waals surface area contributed by atoms with Crippen LogP contribution in [0.15, 0.2) is 24.3 Å². The quantitative estimate of drug-likeness (QED) is 0.732. The lowest BCUT2D eigenvalue weighted by Crippen LogP contribution is -2.51. The van der Waals surface area contributed by atoms with Gasteiger partial charge in [-0.15, -0.1) is 0 Å². The topological polar surface area (TPSA) is 106 Å². The van der Waals surface area contributed by atoms with Gasteiger partial charge in [-0.3, -0.25) is 19.9 Å². The Labute approximate surface area is 131 Å². The third-order valence-corrected chi connectivity index (χ3v) is 3.30. The fourth-order valence-corrected chi connectivity index (χ4v) is 2.09. The Morgan fingerprint density at radius 3 is 2.78 bits per heavy atom. The zero-order valence-electron chi connectivity index (χ0n) is 12.1. The summed E-state index contributed by atoms with van der Waals surface area (Å²) in [7, 11) is 0. The summed E-state index contributed by atoms with van der Waals surface area (Å²) in [6, 6.07) is 6.90. The number of fused-ring (bicyclic) bond motifs is 1. The average Bonchev–Trinajstić information content (AvgIpc) is 2.52. The Bertz CT molecular complexity index is 631. The van der Waals surface area contributed by atoms with Gasteiger partial charge in [-0.2, -0.15) is 0 Å². The van der Waals surface area contributed by atoms with Gasteiger partial charge in [-0.05, 0) is 12.1 Å². The van der Waals surface area contributed by atoms with E-state index in [-0.39, 0.29) is 25.2 Å². The Morgan fingerprint density at radius 1 is 1.26 bits per heavy atom. The van der Waals surface area contributed by atoms with E-state index in [1.807, 2.05) is 0 Å². The van der Waals surface area contributed by atoms with E-state index in [0.29, 0.717) is 24.7 Å². The molecular weight excluding hydrogens is 306 g/mol. The largest absolute Gasteiger partial charge is 0.482 e. The number of benzene rings is 1. The van der Waals surface area contributed by atoms with Gasteiger partial charge >= 0.3 is 6.09 Å². The summed E-state index contributed by atoms with van der Waals surface area (Å²) in [5.74, 6) is -0.373. The van der Waals surface area contributed by atoms with Gasteiger partial charge in [0.2, 0.25) is 0 Å². The number of amides is 3. The number of hydrazine groups is 1. The van der Waals surface area contributed by atoms with Crippen molar-refractivity contribution in [3.8, 4) is 5.75 Å². The monoisotopic (exact) mass is 321 g/mol. The van der Waals surface area contributed by atoms with Crippen LogP contribution in [0.5, 0.6) is 5.75 Å². The molecule has 0 aliphatic carbocycles. The van der Waals surface area contributed by atoms with Crippen LogP contribution < -0.4 is 20.5 Å². The van der Waals surface area contributed by atoms with E-state index < -0.39 is 12.0 Å². The van der Waals surface area contributed by atoms with Gasteiger partial charge in [0.15, 0.2) is 12.7 Å². The van der Waals surface area contributed by atoms with Gasteiger partial charge in [-0.25, -0.2) is 10.2 Å². The normalized spacial score (nSPS) is 16.7. The minimum absolute atomic E-state index is 0.137. The van der Waals surface area contributed by atoms with Gasteiger partial charge < -0.3 is 14.2 Å². The molecule has 122 valence electrons. The number of hydrogen-bond donors (Lipinski definition) is 2. The molecule has 1 aromatic carbocycles. The number of carbonyl (C=O) groups is 3. The van der Waals surface area contributed by atoms with Crippen molar-refractivity contribution in [2.24, 2.45) is 0 Å². The van der Waals surface area contributed by atoms with Crippen LogP contribution in [0.4, 0.5) is 10.5 Å². The molecule has 0 aromatic heterocycles. The van der Waals surface area contributed by atoms with Crippen LogP contribution in [0.3, 0.4) is 0 Å². The molecule has 3 rings (SSSR count). The van der Waals surface area contributed by atoms with Crippen molar-refractivity contribution in [1.82, 2.24) is 10.9 Å². The van der Waals surface area contributed by atoms with Crippen LogP contribution in [-0.2, 0) is 19.1 Å². The van der Waals surface area contributed by atoms with E-state index in [1.54, 1.807) is 24.3 Å². The molecule has 0 saturated carbocycles. The minimum Gasteiger partial charge on any atom is -0.482 e. The van der Waals surface area contributed by atoms with Crippen molar-refractivity contribution in [3.05, 3.63) is 24.3 Å². The first-order valence-corrected chi connectivity index (χ1v) is 6.99. The lowest BCUT2D eigenvalue weighted by atomic mass is 10.2. The van der Waals surface area contributed by atoms with Crippen LogP contribution >= 0.6 is 0 Å². The Kier molecular flexibility index (Phi) is 4.29. The van der Waals surface area contributed by atoms with Crippen molar-refractivity contribution >= 4 is 23.6 Å². The highest BCUT2D eigenvalue weighted by atomic mass is 16.6. The second-order valence-electron chi connectivity index (χ2n) is 4.97. The molecule has 2 aliphatic rings. The van der Waals surface area contributed by atoms with E-state index in [2.05, 4.69) is 10.9 Å². The van der Waals surface area contributed by atoms with Gasteiger partial charge in [0.25, 0.3) is 11.8 Å². The molecule has 9 heteroatoms. The number of nitrogens with one attached hydrogen (secondary N) is 2. The first-order chi connectivity index (χ1) is 11.1. The summed E-state index contributed by atoms with van der Waals surface area (Å²) in [5, 5.41) is 0. The van der Waals surface area contributed by atoms with Gasteiger partial charge in [0.05, 0.1) is 18.9 Å². The molecule has 0 unspecified atom stereocenters. The van der Waals surface area contributed by atoms with E-state index in [9.17, 15) is 14.4 Å². The fraction of sp³-hybridized carbons (Fsp3) is 0.357. The average molecular weight is 321 g/mol. The molecule has 23 heavy (non-hydrogen) atoms. The maximum absolute atomic E-state index is 11.9. The number of hydrogen-bond acceptors (Lipinski definition) is 6. The van der Waals surface area contributed by atoms with Crippen LogP contribution in [-0.4, -0.2) is 50.4 Å². The summed E-state index contributed by atoms with van der Waals surface area (Å²) < 4.78 is 15.1. The van der Waals surface area contributed by atoms with Crippen LogP contribution in [0, 0.1) is 0 Å². The Balaban J connectivity index is 1.53. The predicted octanol–water partition coefficient (Wildman–Crippen LogP) is -0.432. The lowest BCUT2D eigenvalue weighted by Gasteiger charge is -2.29. The van der Waals surface area contributed by atoms with E-state index >= 15 is 0 Å². The van der Waals surface area contributed by atoms with Gasteiger partial charge in [-0.1, -0.05) is 12.1 Å². The molecule has 0 bridgehead atoms. The third kappa shape index (κ3) is 3.51. The molecule has 2 aliphatic heterocycles. The van der Waals surface area contributed by atoms with Crippen molar-refractivity contribution in [2.45, 2.75) is 6.10 Å². The standard InChI is InChI=1S/C14H15N3O6/c18-12(15-16-14(20)23-9-6-21-7-9)5-17-10-3-1-2-4-11(10)22-8-13(17)19/h1-4,9H,5-8H2,(H,15,18)(H,16,20). The molecule has 1 saturated heterocycles. The summed E-state index contributed by atoms with van der Waals surface area (Å²) in [6.45, 7) is 0.314. The fourth-order valence-electron chi connectivity index (χ4n) is 2.09. The molecule has 1 fully saturated rings. The highest BCUT2D eigenvalue weighted by Gasteiger charge is 2.27. The molecule has 0 atom stereocenters. The number of para-hydroxylation sites is 2. The van der Waals surface area contributed by atoms with E-state index in [0.717, 1.165) is 0 Å². The first kappa shape index (κ1) is 15.1. The molecule has 2 heterocycles. The number of rotatable bonds is 3. The highest BCUT2D eigenvalue weighted by Crippen LogP contribution is 2.30. The summed E-state index contributed by atoms with van der Waals surface area (Å²) in [4.78, 5) is 36.5. The van der Waals surface area contributed by atoms with Crippen molar-refractivity contribution in [3.63, 3.8) is 0 Å². The minimum atomic E-state index is -0.777. The lowest BCUT2D eigenvalue weighted by molar-refractivity contribution is -0.126. The first-order valence-electron chi connectivity index (χ1n) is 6.99. The third-order valence-electron chi connectivity index (χ3n) is 3.30. The molecule has 0 radical (unpaired) electrons. The summed E-state index contributed by atoms with van der Waals surface area (Å²) in [5.41, 5.74) is 4.83. The van der Waals surface area contributed by atoms with Gasteiger partial charge in [0, 0.05) is 0 Å². The zero-order valence-corrected chi connectivity index (χ0v) is 12.1. The second kappa shape index (κ2) is 6.53. The smallest absolute Gasteiger partial charge is 0.426 e. The van der Waals surface area contributed by atoms with Gasteiger partial charge in [0.1, 0.15) is 12.3 Å². The summed E-state index contributed by atoms with van der Waals surface area (Å²) in [6.07, 6.45) is -1.07. The second-order valence-corrected chi connectivity index (χ2v) is 4.97. The molecule has 1 aromatic rings.